The Morgan fingerprint density at radius 3 is 2.67 bits per heavy atom. The molecule has 1 aromatic heterocycles. The van der Waals surface area contributed by atoms with Crippen molar-refractivity contribution in [3.05, 3.63) is 36.1 Å². The average Bonchev–Trinajstić information content (AvgIpc) is 2.86. The van der Waals surface area contributed by atoms with Crippen molar-refractivity contribution in [1.29, 1.82) is 0 Å². The number of benzene rings is 2. The van der Waals surface area contributed by atoms with Crippen molar-refractivity contribution in [3.8, 4) is 22.9 Å². The van der Waals surface area contributed by atoms with Gasteiger partial charge in [0.05, 0.1) is 16.6 Å². The number of aromatic amines is 1. The highest BCUT2D eigenvalue weighted by atomic mass is 19.1. The molecule has 21 heavy (non-hydrogen) atoms. The highest BCUT2D eigenvalue weighted by molar-refractivity contribution is 5.85. The molecule has 0 fully saturated rings. The number of halogens is 1. The number of aromatic nitrogens is 2. The second-order valence-corrected chi connectivity index (χ2v) is 4.80. The Labute approximate surface area is 119 Å². The number of nitrogens with one attached hydrogen (secondary N) is 1. The number of hydrogen-bond donors (Lipinski definition) is 2. The fraction of sp³-hybridized carbons (Fsp3) is 0.133. The summed E-state index contributed by atoms with van der Waals surface area (Å²) < 4.78 is 25.0. The van der Waals surface area contributed by atoms with Crippen LogP contribution in [0, 0.1) is 5.82 Å². The van der Waals surface area contributed by atoms with Crippen LogP contribution in [0.15, 0.2) is 30.3 Å². The maximum absolute atomic E-state index is 14.0. The Hall–Kier alpha value is -2.76. The van der Waals surface area contributed by atoms with E-state index in [4.69, 9.17) is 15.2 Å². The van der Waals surface area contributed by atoms with Gasteiger partial charge in [-0.3, -0.25) is 0 Å². The molecule has 0 bridgehead atoms. The summed E-state index contributed by atoms with van der Waals surface area (Å²) in [5, 5.41) is 0. The van der Waals surface area contributed by atoms with E-state index in [2.05, 4.69) is 9.97 Å². The van der Waals surface area contributed by atoms with Gasteiger partial charge in [-0.1, -0.05) is 6.07 Å². The minimum Gasteiger partial charge on any atom is -0.486 e. The SMILES string of the molecule is Nc1cccc(F)c1-c1nc2cc3c(cc2[nH]1)OCCO3. The lowest BCUT2D eigenvalue weighted by molar-refractivity contribution is 0.172. The van der Waals surface area contributed by atoms with Gasteiger partial charge in [0.1, 0.15) is 24.9 Å². The monoisotopic (exact) mass is 285 g/mol. The van der Waals surface area contributed by atoms with Crippen LogP contribution in [0.5, 0.6) is 11.5 Å². The van der Waals surface area contributed by atoms with E-state index in [1.54, 1.807) is 24.3 Å². The summed E-state index contributed by atoms with van der Waals surface area (Å²) in [5.41, 5.74) is 7.88. The molecule has 0 spiro atoms. The zero-order valence-corrected chi connectivity index (χ0v) is 11.0. The molecular formula is C15H12FN3O2. The lowest BCUT2D eigenvalue weighted by Crippen LogP contribution is -2.15. The summed E-state index contributed by atoms with van der Waals surface area (Å²) in [7, 11) is 0. The van der Waals surface area contributed by atoms with Crippen molar-refractivity contribution in [1.82, 2.24) is 9.97 Å². The molecule has 106 valence electrons. The maximum atomic E-state index is 14.0. The van der Waals surface area contributed by atoms with Crippen LogP contribution >= 0.6 is 0 Å². The highest BCUT2D eigenvalue weighted by Gasteiger charge is 2.17. The lowest BCUT2D eigenvalue weighted by atomic mass is 10.1. The van der Waals surface area contributed by atoms with Gasteiger partial charge in [-0.15, -0.1) is 0 Å². The Kier molecular flexibility index (Phi) is 2.50. The number of ether oxygens (including phenoxy) is 2. The van der Waals surface area contributed by atoms with Gasteiger partial charge < -0.3 is 20.2 Å². The van der Waals surface area contributed by atoms with Crippen LogP contribution in [-0.2, 0) is 0 Å². The van der Waals surface area contributed by atoms with Crippen LogP contribution in [0.1, 0.15) is 0 Å². The van der Waals surface area contributed by atoms with Gasteiger partial charge in [0.25, 0.3) is 0 Å². The van der Waals surface area contributed by atoms with E-state index in [-0.39, 0.29) is 5.56 Å². The topological polar surface area (TPSA) is 73.2 Å². The zero-order valence-electron chi connectivity index (χ0n) is 11.0. The Bertz CT molecular complexity index is 781. The molecule has 0 aliphatic carbocycles. The molecule has 2 aromatic carbocycles. The van der Waals surface area contributed by atoms with Gasteiger partial charge in [-0.25, -0.2) is 9.37 Å². The van der Waals surface area contributed by atoms with Crippen molar-refractivity contribution in [3.63, 3.8) is 0 Å². The van der Waals surface area contributed by atoms with E-state index in [0.29, 0.717) is 41.7 Å². The fourth-order valence-electron chi connectivity index (χ4n) is 2.46. The van der Waals surface area contributed by atoms with Crippen molar-refractivity contribution in [2.24, 2.45) is 0 Å². The first-order valence-corrected chi connectivity index (χ1v) is 6.56. The first-order valence-electron chi connectivity index (χ1n) is 6.56. The second-order valence-electron chi connectivity index (χ2n) is 4.80. The zero-order chi connectivity index (χ0) is 14.4. The predicted molar refractivity (Wildman–Crippen MR) is 76.9 cm³/mol. The minimum absolute atomic E-state index is 0.272. The fourth-order valence-corrected chi connectivity index (χ4v) is 2.46. The predicted octanol–water partition coefficient (Wildman–Crippen LogP) is 2.72. The summed E-state index contributed by atoms with van der Waals surface area (Å²) >= 11 is 0. The van der Waals surface area contributed by atoms with Crippen LogP contribution in [0.2, 0.25) is 0 Å². The number of anilines is 1. The van der Waals surface area contributed by atoms with E-state index in [9.17, 15) is 4.39 Å². The van der Waals surface area contributed by atoms with Crippen LogP contribution in [0.4, 0.5) is 10.1 Å². The van der Waals surface area contributed by atoms with E-state index in [1.165, 1.54) is 6.07 Å². The van der Waals surface area contributed by atoms with Gasteiger partial charge in [0, 0.05) is 17.8 Å². The van der Waals surface area contributed by atoms with Gasteiger partial charge >= 0.3 is 0 Å². The van der Waals surface area contributed by atoms with Crippen LogP contribution in [0.3, 0.4) is 0 Å². The van der Waals surface area contributed by atoms with E-state index in [1.807, 2.05) is 0 Å². The molecule has 5 nitrogen and oxygen atoms in total. The molecule has 1 aliphatic heterocycles. The highest BCUT2D eigenvalue weighted by Crippen LogP contribution is 2.35. The Balaban J connectivity index is 1.91. The molecule has 0 amide bonds. The summed E-state index contributed by atoms with van der Waals surface area (Å²) in [6.45, 7) is 1.02. The average molecular weight is 285 g/mol. The first-order chi connectivity index (χ1) is 10.2. The molecule has 6 heteroatoms. The molecule has 4 rings (SSSR count). The molecule has 0 saturated carbocycles. The number of H-pyrrole nitrogens is 1. The first kappa shape index (κ1) is 12.0. The van der Waals surface area contributed by atoms with Gasteiger partial charge in [0.15, 0.2) is 11.5 Å². The van der Waals surface area contributed by atoms with Crippen LogP contribution in [0.25, 0.3) is 22.4 Å². The second kappa shape index (κ2) is 4.37. The number of nitrogens with zero attached hydrogens (tertiary/aromatic N) is 1. The van der Waals surface area contributed by atoms with Crippen molar-refractivity contribution in [2.45, 2.75) is 0 Å². The molecule has 0 unspecified atom stereocenters. The normalized spacial score (nSPS) is 13.6. The maximum Gasteiger partial charge on any atom is 0.163 e. The van der Waals surface area contributed by atoms with Gasteiger partial charge in [-0.2, -0.15) is 0 Å². The summed E-state index contributed by atoms with van der Waals surface area (Å²) in [6, 6.07) is 8.15. The molecule has 0 saturated heterocycles. The molecule has 0 atom stereocenters. The smallest absolute Gasteiger partial charge is 0.163 e. The minimum atomic E-state index is -0.411. The third kappa shape index (κ3) is 1.87. The van der Waals surface area contributed by atoms with Crippen LogP contribution in [-0.4, -0.2) is 23.2 Å². The standard InChI is InChI=1S/C15H12FN3O2/c16-8-2-1-3-9(17)14(8)15-18-10-6-12-13(7-11(10)19-15)21-5-4-20-12/h1-3,6-7H,4-5,17H2,(H,18,19). The number of fused-ring (bicyclic) bond motifs is 2. The molecule has 2 heterocycles. The summed E-state index contributed by atoms with van der Waals surface area (Å²) in [6.07, 6.45) is 0. The van der Waals surface area contributed by atoms with E-state index < -0.39 is 5.82 Å². The number of rotatable bonds is 1. The molecule has 3 N–H and O–H groups in total. The molecule has 3 aromatic rings. The van der Waals surface area contributed by atoms with Crippen LogP contribution < -0.4 is 15.2 Å². The third-order valence-corrected chi connectivity index (χ3v) is 3.43. The van der Waals surface area contributed by atoms with Crippen molar-refractivity contribution < 1.29 is 13.9 Å². The molecule has 0 radical (unpaired) electrons. The van der Waals surface area contributed by atoms with Gasteiger partial charge in [0.2, 0.25) is 0 Å². The van der Waals surface area contributed by atoms with Crippen molar-refractivity contribution in [2.75, 3.05) is 18.9 Å². The van der Waals surface area contributed by atoms with E-state index >= 15 is 0 Å². The van der Waals surface area contributed by atoms with Crippen molar-refractivity contribution >= 4 is 16.7 Å². The largest absolute Gasteiger partial charge is 0.486 e. The Morgan fingerprint density at radius 2 is 1.90 bits per heavy atom. The summed E-state index contributed by atoms with van der Waals surface area (Å²) in [4.78, 5) is 7.48. The van der Waals surface area contributed by atoms with Gasteiger partial charge in [-0.05, 0) is 12.1 Å². The Morgan fingerprint density at radius 1 is 1.14 bits per heavy atom. The number of nitrogen functional groups attached to an aromatic ring is 1. The van der Waals surface area contributed by atoms with E-state index in [0.717, 1.165) is 5.52 Å². The number of nitrogens with two attached hydrogens (primary N) is 1. The lowest BCUT2D eigenvalue weighted by Gasteiger charge is -2.17. The summed E-state index contributed by atoms with van der Waals surface area (Å²) in [5.74, 6) is 1.29. The molecule has 1 aliphatic rings. The quantitative estimate of drug-likeness (QED) is 0.674. The molecular weight excluding hydrogens is 273 g/mol. The third-order valence-electron chi connectivity index (χ3n) is 3.43. The number of imidazole rings is 1. The number of hydrogen-bond acceptors (Lipinski definition) is 4.